The summed E-state index contributed by atoms with van der Waals surface area (Å²) >= 11 is 3.53. The molecule has 0 aliphatic carbocycles. The number of fused-ring (bicyclic) bond motifs is 2. The number of ether oxygens (including phenoxy) is 2. The van der Waals surface area contributed by atoms with Gasteiger partial charge in [0.25, 0.3) is 0 Å². The minimum Gasteiger partial charge on any atom is -0.477 e. The molecule has 2 aliphatic rings. The second-order valence-electron chi connectivity index (χ2n) is 7.93. The summed E-state index contributed by atoms with van der Waals surface area (Å²) < 4.78 is 13.1. The highest BCUT2D eigenvalue weighted by Gasteiger charge is 2.34. The Morgan fingerprint density at radius 3 is 2.58 bits per heavy atom. The van der Waals surface area contributed by atoms with Crippen LogP contribution in [0.1, 0.15) is 45.6 Å². The van der Waals surface area contributed by atoms with Gasteiger partial charge in [-0.1, -0.05) is 64.5 Å². The molecular formula is C26H22BrNO3. The van der Waals surface area contributed by atoms with Crippen LogP contribution in [0.25, 0.3) is 6.08 Å². The number of carbonyl (C=O) groups excluding carboxylic acids is 1. The summed E-state index contributed by atoms with van der Waals surface area (Å²) in [4.78, 5) is 15.4. The van der Waals surface area contributed by atoms with Crippen LogP contribution in [0.4, 0.5) is 0 Å². The van der Waals surface area contributed by atoms with Gasteiger partial charge in [0.15, 0.2) is 5.76 Å². The molecule has 0 N–H and O–H groups in total. The molecule has 0 aromatic heterocycles. The molecule has 2 aliphatic heterocycles. The summed E-state index contributed by atoms with van der Waals surface area (Å²) in [6.07, 6.45) is 1.79. The molecule has 5 rings (SSSR count). The normalized spacial score (nSPS) is 17.6. The Balaban J connectivity index is 1.46. The molecule has 0 saturated carbocycles. The number of benzene rings is 3. The summed E-state index contributed by atoms with van der Waals surface area (Å²) in [5, 5.41) is 0. The van der Waals surface area contributed by atoms with E-state index in [1.807, 2.05) is 43.3 Å². The van der Waals surface area contributed by atoms with E-state index in [9.17, 15) is 4.79 Å². The Morgan fingerprint density at radius 1 is 1.06 bits per heavy atom. The van der Waals surface area contributed by atoms with E-state index in [1.54, 1.807) is 6.08 Å². The average Bonchev–Trinajstić information content (AvgIpc) is 3.11. The first-order valence-electron chi connectivity index (χ1n) is 10.3. The average molecular weight is 476 g/mol. The summed E-state index contributed by atoms with van der Waals surface area (Å²) in [7, 11) is 0. The highest BCUT2D eigenvalue weighted by Crippen LogP contribution is 2.44. The molecule has 3 aromatic rings. The Labute approximate surface area is 190 Å². The quantitative estimate of drug-likeness (QED) is 0.417. The predicted molar refractivity (Wildman–Crippen MR) is 124 cm³/mol. The Morgan fingerprint density at radius 2 is 1.81 bits per heavy atom. The van der Waals surface area contributed by atoms with Crippen molar-refractivity contribution >= 4 is 27.8 Å². The smallest absolute Gasteiger partial charge is 0.231 e. The van der Waals surface area contributed by atoms with E-state index in [0.717, 1.165) is 33.5 Å². The van der Waals surface area contributed by atoms with E-state index in [4.69, 9.17) is 9.47 Å². The zero-order valence-corrected chi connectivity index (χ0v) is 19.0. The molecule has 5 heteroatoms. The number of halogens is 1. The van der Waals surface area contributed by atoms with E-state index >= 15 is 0 Å². The van der Waals surface area contributed by atoms with Gasteiger partial charge >= 0.3 is 0 Å². The summed E-state index contributed by atoms with van der Waals surface area (Å²) in [6, 6.07) is 20.3. The van der Waals surface area contributed by atoms with Crippen molar-refractivity contribution in [1.29, 1.82) is 0 Å². The third kappa shape index (κ3) is 3.58. The zero-order chi connectivity index (χ0) is 21.5. The maximum absolute atomic E-state index is 13.1. The Kier molecular flexibility index (Phi) is 5.16. The van der Waals surface area contributed by atoms with Crippen LogP contribution in [0.2, 0.25) is 0 Å². The number of hydrogen-bond donors (Lipinski definition) is 0. The van der Waals surface area contributed by atoms with Crippen molar-refractivity contribution in [3.05, 3.63) is 98.7 Å². The highest BCUT2D eigenvalue weighted by atomic mass is 79.9. The number of allylic oxidation sites excluding steroid dienone is 1. The first-order valence-corrected chi connectivity index (χ1v) is 11.1. The van der Waals surface area contributed by atoms with Gasteiger partial charge in [0.05, 0.1) is 5.56 Å². The highest BCUT2D eigenvalue weighted by molar-refractivity contribution is 9.10. The number of hydrogen-bond acceptors (Lipinski definition) is 4. The molecule has 156 valence electrons. The molecule has 2 heterocycles. The largest absolute Gasteiger partial charge is 0.477 e. The third-order valence-electron chi connectivity index (χ3n) is 5.99. The molecule has 31 heavy (non-hydrogen) atoms. The number of ketones is 1. The van der Waals surface area contributed by atoms with Gasteiger partial charge in [-0.05, 0) is 43.2 Å². The maximum Gasteiger partial charge on any atom is 0.231 e. The lowest BCUT2D eigenvalue weighted by molar-refractivity contribution is 0.0609. The topological polar surface area (TPSA) is 38.8 Å². The standard InChI is InChI=1S/C26H22BrNO3/c1-16-25-20(14-28(15-30-25)17(2)18-8-4-3-5-9-18)12-21-24(29)23(31-26(16)21)13-19-10-6-7-11-22(19)27/h3-13,17H,14-15H2,1-2H3/b23-13-. The molecule has 0 bridgehead atoms. The van der Waals surface area contributed by atoms with Crippen molar-refractivity contribution in [3.63, 3.8) is 0 Å². The molecule has 0 fully saturated rings. The molecule has 0 amide bonds. The molecule has 1 unspecified atom stereocenters. The second-order valence-corrected chi connectivity index (χ2v) is 8.79. The van der Waals surface area contributed by atoms with Crippen LogP contribution in [0.3, 0.4) is 0 Å². The fourth-order valence-electron chi connectivity index (χ4n) is 4.19. The van der Waals surface area contributed by atoms with Crippen LogP contribution in [0, 0.1) is 6.92 Å². The van der Waals surface area contributed by atoms with Crippen LogP contribution in [0.15, 0.2) is 70.9 Å². The van der Waals surface area contributed by atoms with Crippen molar-refractivity contribution in [3.8, 4) is 11.5 Å². The van der Waals surface area contributed by atoms with E-state index in [-0.39, 0.29) is 11.8 Å². The molecule has 4 nitrogen and oxygen atoms in total. The Bertz CT molecular complexity index is 1200. The summed E-state index contributed by atoms with van der Waals surface area (Å²) in [6.45, 7) is 5.35. The third-order valence-corrected chi connectivity index (χ3v) is 6.71. The zero-order valence-electron chi connectivity index (χ0n) is 17.4. The van der Waals surface area contributed by atoms with Gasteiger partial charge in [-0.15, -0.1) is 0 Å². The molecular weight excluding hydrogens is 454 g/mol. The van der Waals surface area contributed by atoms with Gasteiger partial charge in [0.2, 0.25) is 5.78 Å². The number of carbonyl (C=O) groups is 1. The molecule has 3 aromatic carbocycles. The fourth-order valence-corrected chi connectivity index (χ4v) is 4.59. The maximum atomic E-state index is 13.1. The molecule has 0 saturated heterocycles. The van der Waals surface area contributed by atoms with E-state index in [2.05, 4.69) is 52.0 Å². The van der Waals surface area contributed by atoms with Gasteiger partial charge in [-0.25, -0.2) is 0 Å². The lowest BCUT2D eigenvalue weighted by Crippen LogP contribution is -2.34. The monoisotopic (exact) mass is 475 g/mol. The molecule has 0 radical (unpaired) electrons. The van der Waals surface area contributed by atoms with Gasteiger partial charge in [-0.2, -0.15) is 0 Å². The second kappa shape index (κ2) is 7.98. The first kappa shape index (κ1) is 20.0. The number of nitrogens with zero attached hydrogens (tertiary/aromatic N) is 1. The SMILES string of the molecule is Cc1c2c(cc3c1O/C(=C\c1ccccc1Br)C3=O)CN(C(C)c1ccccc1)CO2. The van der Waals surface area contributed by atoms with Gasteiger partial charge in [-0.3, -0.25) is 9.69 Å². The van der Waals surface area contributed by atoms with Gasteiger partial charge in [0, 0.05) is 28.2 Å². The minimum atomic E-state index is -0.0927. The lowest BCUT2D eigenvalue weighted by Gasteiger charge is -2.34. The van der Waals surface area contributed by atoms with Crippen LogP contribution in [0.5, 0.6) is 11.5 Å². The van der Waals surface area contributed by atoms with Crippen LogP contribution >= 0.6 is 15.9 Å². The molecule has 0 spiro atoms. The van der Waals surface area contributed by atoms with Crippen molar-refractivity contribution in [2.45, 2.75) is 26.4 Å². The summed E-state index contributed by atoms with van der Waals surface area (Å²) in [5.41, 5.74) is 4.64. The van der Waals surface area contributed by atoms with Crippen molar-refractivity contribution in [2.24, 2.45) is 0 Å². The number of Topliss-reactive ketones (excluding diaryl/α,β-unsaturated/α-hetero) is 1. The fraction of sp³-hybridized carbons (Fsp3) is 0.192. The van der Waals surface area contributed by atoms with Crippen molar-refractivity contribution in [2.75, 3.05) is 6.73 Å². The van der Waals surface area contributed by atoms with E-state index < -0.39 is 0 Å². The van der Waals surface area contributed by atoms with Crippen LogP contribution in [-0.2, 0) is 6.54 Å². The minimum absolute atomic E-state index is 0.0927. The van der Waals surface area contributed by atoms with Crippen LogP contribution in [-0.4, -0.2) is 17.4 Å². The predicted octanol–water partition coefficient (Wildman–Crippen LogP) is 6.29. The van der Waals surface area contributed by atoms with E-state index in [1.165, 1.54) is 5.56 Å². The van der Waals surface area contributed by atoms with Crippen molar-refractivity contribution < 1.29 is 14.3 Å². The lowest BCUT2D eigenvalue weighted by atomic mass is 9.99. The van der Waals surface area contributed by atoms with Crippen molar-refractivity contribution in [1.82, 2.24) is 4.90 Å². The van der Waals surface area contributed by atoms with Gasteiger partial charge in [0.1, 0.15) is 18.2 Å². The van der Waals surface area contributed by atoms with Crippen LogP contribution < -0.4 is 9.47 Å². The van der Waals surface area contributed by atoms with E-state index in [0.29, 0.717) is 23.8 Å². The number of rotatable bonds is 3. The van der Waals surface area contributed by atoms with Gasteiger partial charge < -0.3 is 9.47 Å². The molecule has 1 atom stereocenters. The summed E-state index contributed by atoms with van der Waals surface area (Å²) in [5.74, 6) is 1.67. The Hall–Kier alpha value is -2.89. The first-order chi connectivity index (χ1) is 15.0.